The Kier molecular flexibility index (Phi) is 6.28. The molecule has 160 valence electrons. The summed E-state index contributed by atoms with van der Waals surface area (Å²) in [6.07, 6.45) is 6.11. The SMILES string of the molecule is CN(c1ccc2nc(NC(=O)NCCCn3ccnc3)sc2n1)c1ccc(Cl)cc1F. The number of urea groups is 1. The zero-order chi connectivity index (χ0) is 21.8. The first-order valence-electron chi connectivity index (χ1n) is 9.46. The van der Waals surface area contributed by atoms with Crippen molar-refractivity contribution in [3.05, 3.63) is 59.9 Å². The number of aromatic nitrogens is 4. The summed E-state index contributed by atoms with van der Waals surface area (Å²) in [6.45, 7) is 1.30. The van der Waals surface area contributed by atoms with Crippen molar-refractivity contribution in [2.24, 2.45) is 0 Å². The fraction of sp³-hybridized carbons (Fsp3) is 0.200. The van der Waals surface area contributed by atoms with Gasteiger partial charge in [0.1, 0.15) is 22.0 Å². The van der Waals surface area contributed by atoms with Crippen LogP contribution in [0.1, 0.15) is 6.42 Å². The number of fused-ring (bicyclic) bond motifs is 1. The third kappa shape index (κ3) is 5.09. The zero-order valence-electron chi connectivity index (χ0n) is 16.5. The highest BCUT2D eigenvalue weighted by Gasteiger charge is 2.14. The molecule has 0 saturated carbocycles. The Morgan fingerprint density at radius 3 is 2.94 bits per heavy atom. The number of carbonyl (C=O) groups is 1. The van der Waals surface area contributed by atoms with Gasteiger partial charge in [-0.05, 0) is 36.8 Å². The molecule has 2 N–H and O–H groups in total. The van der Waals surface area contributed by atoms with Gasteiger partial charge < -0.3 is 14.8 Å². The molecule has 0 saturated heterocycles. The van der Waals surface area contributed by atoms with E-state index < -0.39 is 5.82 Å². The van der Waals surface area contributed by atoms with E-state index in [9.17, 15) is 9.18 Å². The molecule has 0 spiro atoms. The first-order chi connectivity index (χ1) is 15.0. The second kappa shape index (κ2) is 9.27. The molecule has 1 aromatic carbocycles. The molecule has 0 bridgehead atoms. The molecule has 0 aliphatic heterocycles. The number of rotatable bonds is 7. The van der Waals surface area contributed by atoms with Crippen LogP contribution in [-0.4, -0.2) is 39.1 Å². The van der Waals surface area contributed by atoms with Gasteiger partial charge in [-0.3, -0.25) is 5.32 Å². The quantitative estimate of drug-likeness (QED) is 0.392. The predicted molar refractivity (Wildman–Crippen MR) is 121 cm³/mol. The van der Waals surface area contributed by atoms with Gasteiger partial charge in [-0.2, -0.15) is 0 Å². The minimum atomic E-state index is -0.437. The van der Waals surface area contributed by atoms with Gasteiger partial charge in [0.15, 0.2) is 5.13 Å². The predicted octanol–water partition coefficient (Wildman–Crippen LogP) is 4.66. The van der Waals surface area contributed by atoms with Crippen LogP contribution in [0.5, 0.6) is 0 Å². The minimum Gasteiger partial charge on any atom is -0.338 e. The van der Waals surface area contributed by atoms with Crippen LogP contribution in [0.15, 0.2) is 49.1 Å². The smallest absolute Gasteiger partial charge is 0.321 e. The highest BCUT2D eigenvalue weighted by atomic mass is 35.5. The van der Waals surface area contributed by atoms with Crippen molar-refractivity contribution in [3.8, 4) is 0 Å². The lowest BCUT2D eigenvalue weighted by Gasteiger charge is -2.18. The maximum Gasteiger partial charge on any atom is 0.321 e. The van der Waals surface area contributed by atoms with Gasteiger partial charge in [0.2, 0.25) is 0 Å². The van der Waals surface area contributed by atoms with Crippen LogP contribution in [0.4, 0.5) is 25.8 Å². The summed E-state index contributed by atoms with van der Waals surface area (Å²) < 4.78 is 16.2. The number of nitrogens with one attached hydrogen (secondary N) is 2. The van der Waals surface area contributed by atoms with E-state index in [0.29, 0.717) is 38.6 Å². The van der Waals surface area contributed by atoms with Gasteiger partial charge in [0.25, 0.3) is 0 Å². The largest absolute Gasteiger partial charge is 0.338 e. The Bertz CT molecular complexity index is 1200. The topological polar surface area (TPSA) is 88.0 Å². The van der Waals surface area contributed by atoms with Crippen molar-refractivity contribution in [3.63, 3.8) is 0 Å². The van der Waals surface area contributed by atoms with Gasteiger partial charge in [-0.25, -0.2) is 24.1 Å². The molecule has 2 amide bonds. The van der Waals surface area contributed by atoms with Crippen molar-refractivity contribution in [1.82, 2.24) is 24.8 Å². The third-order valence-electron chi connectivity index (χ3n) is 4.51. The summed E-state index contributed by atoms with van der Waals surface area (Å²) in [6, 6.07) is 7.68. The van der Waals surface area contributed by atoms with Crippen molar-refractivity contribution in [2.45, 2.75) is 13.0 Å². The van der Waals surface area contributed by atoms with Gasteiger partial charge >= 0.3 is 6.03 Å². The van der Waals surface area contributed by atoms with Crippen LogP contribution in [0.2, 0.25) is 5.02 Å². The Morgan fingerprint density at radius 2 is 2.16 bits per heavy atom. The summed E-state index contributed by atoms with van der Waals surface area (Å²) in [5.41, 5.74) is 1.00. The Labute approximate surface area is 186 Å². The maximum atomic E-state index is 14.2. The van der Waals surface area contributed by atoms with Crippen LogP contribution >= 0.6 is 22.9 Å². The molecule has 4 rings (SSSR count). The number of hydrogen-bond acceptors (Lipinski definition) is 6. The lowest BCUT2D eigenvalue weighted by atomic mass is 10.2. The van der Waals surface area contributed by atoms with Crippen molar-refractivity contribution in [1.29, 1.82) is 0 Å². The summed E-state index contributed by atoms with van der Waals surface area (Å²) in [4.78, 5) is 27.3. The molecule has 0 unspecified atom stereocenters. The molecule has 4 aromatic rings. The number of anilines is 3. The van der Waals surface area contributed by atoms with Crippen molar-refractivity contribution >= 4 is 56.0 Å². The van der Waals surface area contributed by atoms with Crippen molar-refractivity contribution < 1.29 is 9.18 Å². The molecule has 0 aliphatic rings. The molecule has 11 heteroatoms. The summed E-state index contributed by atoms with van der Waals surface area (Å²) in [5.74, 6) is 0.112. The highest BCUT2D eigenvalue weighted by molar-refractivity contribution is 7.22. The van der Waals surface area contributed by atoms with Crippen LogP contribution < -0.4 is 15.5 Å². The second-order valence-corrected chi connectivity index (χ2v) is 8.12. The van der Waals surface area contributed by atoms with E-state index in [2.05, 4.69) is 25.6 Å². The van der Waals surface area contributed by atoms with Gasteiger partial charge in [-0.1, -0.05) is 22.9 Å². The van der Waals surface area contributed by atoms with Gasteiger partial charge in [0, 0.05) is 37.6 Å². The number of halogens is 2. The average Bonchev–Trinajstić information content (AvgIpc) is 3.39. The number of benzene rings is 1. The molecule has 0 fully saturated rings. The van der Waals surface area contributed by atoms with E-state index >= 15 is 0 Å². The zero-order valence-corrected chi connectivity index (χ0v) is 18.1. The van der Waals surface area contributed by atoms with E-state index in [-0.39, 0.29) is 6.03 Å². The lowest BCUT2D eigenvalue weighted by Crippen LogP contribution is -2.29. The van der Waals surface area contributed by atoms with Crippen molar-refractivity contribution in [2.75, 3.05) is 23.8 Å². The minimum absolute atomic E-state index is 0.328. The molecule has 8 nitrogen and oxygen atoms in total. The fourth-order valence-corrected chi connectivity index (χ4v) is 3.94. The van der Waals surface area contributed by atoms with Gasteiger partial charge in [-0.15, -0.1) is 0 Å². The molecule has 3 heterocycles. The molecular formula is C20H19ClFN7OS. The summed E-state index contributed by atoms with van der Waals surface area (Å²) >= 11 is 7.08. The van der Waals surface area contributed by atoms with Crippen LogP contribution in [-0.2, 0) is 6.54 Å². The first kappa shape index (κ1) is 21.0. The average molecular weight is 460 g/mol. The number of hydrogen-bond donors (Lipinski definition) is 2. The number of pyridine rings is 1. The van der Waals surface area contributed by atoms with E-state index in [4.69, 9.17) is 11.6 Å². The lowest BCUT2D eigenvalue weighted by molar-refractivity contribution is 0.252. The second-order valence-electron chi connectivity index (χ2n) is 6.70. The summed E-state index contributed by atoms with van der Waals surface area (Å²) in [5, 5.41) is 6.30. The number of nitrogens with zero attached hydrogens (tertiary/aromatic N) is 5. The maximum absolute atomic E-state index is 14.2. The third-order valence-corrected chi connectivity index (χ3v) is 5.63. The number of carbonyl (C=O) groups excluding carboxylic acids is 1. The number of aryl methyl sites for hydroxylation is 1. The number of thiazole rings is 1. The molecule has 3 aromatic heterocycles. The molecule has 0 aliphatic carbocycles. The van der Waals surface area contributed by atoms with E-state index in [1.807, 2.05) is 10.8 Å². The molecule has 0 atom stereocenters. The van der Waals surface area contributed by atoms with Crippen LogP contribution in [0.25, 0.3) is 10.3 Å². The Morgan fingerprint density at radius 1 is 1.29 bits per heavy atom. The van der Waals surface area contributed by atoms with E-state index in [0.717, 1.165) is 13.0 Å². The number of amides is 2. The molecule has 31 heavy (non-hydrogen) atoms. The van der Waals surface area contributed by atoms with Gasteiger partial charge in [0.05, 0.1) is 12.0 Å². The first-order valence-corrected chi connectivity index (χ1v) is 10.7. The van der Waals surface area contributed by atoms with E-state index in [1.165, 1.54) is 17.4 Å². The molecule has 0 radical (unpaired) electrons. The van der Waals surface area contributed by atoms with E-state index in [1.54, 1.807) is 48.7 Å². The number of imidazole rings is 1. The Balaban J connectivity index is 1.38. The highest BCUT2D eigenvalue weighted by Crippen LogP contribution is 2.30. The van der Waals surface area contributed by atoms with Crippen LogP contribution in [0.3, 0.4) is 0 Å². The monoisotopic (exact) mass is 459 g/mol. The summed E-state index contributed by atoms with van der Waals surface area (Å²) in [7, 11) is 1.72. The normalized spacial score (nSPS) is 10.9. The van der Waals surface area contributed by atoms with Crippen LogP contribution in [0, 0.1) is 5.82 Å². The molecular weight excluding hydrogens is 441 g/mol. The Hall–Kier alpha value is -3.24. The standard InChI is InChI=1S/C20H19ClFN7OS/c1-28(16-5-3-13(21)11-14(16)22)17-6-4-15-18(26-17)31-20(25-15)27-19(30)24-7-2-9-29-10-8-23-12-29/h3-6,8,10-12H,2,7,9H2,1H3,(H2,24,25,27,30). The fourth-order valence-electron chi connectivity index (χ4n) is 2.95.